The largest absolute Gasteiger partial charge is 1.00 e. The minimum atomic E-state index is -0.542. The van der Waals surface area contributed by atoms with Crippen molar-refractivity contribution >= 4 is 69.2 Å². The van der Waals surface area contributed by atoms with E-state index >= 15 is 0 Å². The molecule has 4 aromatic carbocycles. The molecule has 2 aliphatic rings. The van der Waals surface area contributed by atoms with Crippen molar-refractivity contribution in [1.82, 2.24) is 20.4 Å². The number of halogens is 4. The van der Waals surface area contributed by atoms with Gasteiger partial charge in [-0.15, -0.1) is 0 Å². The number of aryl methyl sites for hydroxylation is 2. The van der Waals surface area contributed by atoms with Gasteiger partial charge in [0, 0.05) is 49.4 Å². The molecule has 296 valence electrons. The van der Waals surface area contributed by atoms with Crippen LogP contribution in [0.25, 0.3) is 33.4 Å². The van der Waals surface area contributed by atoms with Crippen molar-refractivity contribution in [1.29, 1.82) is 0 Å². The number of hydrogen-bond acceptors (Lipinski definition) is 6. The molecule has 0 aliphatic carbocycles. The SMILES string of the molecule is CN(C)C(=O)Cl.Cc1cc(C2=C(O)C(C)NC2=O)c(Cl)cc1-c1ccccc1.Cc1cc(C2=C(OC(=O)N(C)C)C(C)NC2=O)c(Cl)cc1-c1ccccc1.[Cl-]. The number of amides is 4. The quantitative estimate of drug-likeness (QED) is 0.161. The third-order valence-electron chi connectivity index (χ3n) is 8.71. The molecule has 0 saturated carbocycles. The predicted molar refractivity (Wildman–Crippen MR) is 220 cm³/mol. The van der Waals surface area contributed by atoms with Gasteiger partial charge in [0.1, 0.15) is 11.5 Å². The summed E-state index contributed by atoms with van der Waals surface area (Å²) in [6, 6.07) is 26.4. The van der Waals surface area contributed by atoms with Crippen molar-refractivity contribution in [3.8, 4) is 22.3 Å². The molecule has 10 nitrogen and oxygen atoms in total. The number of nitrogens with one attached hydrogen (secondary N) is 2. The molecule has 14 heteroatoms. The summed E-state index contributed by atoms with van der Waals surface area (Å²) in [6.07, 6.45) is -0.542. The van der Waals surface area contributed by atoms with Gasteiger partial charge in [-0.25, -0.2) is 4.79 Å². The van der Waals surface area contributed by atoms with Crippen LogP contribution < -0.4 is 23.0 Å². The molecule has 3 N–H and O–H groups in total. The number of carbonyl (C=O) groups is 4. The lowest BCUT2D eigenvalue weighted by atomic mass is 9.95. The van der Waals surface area contributed by atoms with Crippen molar-refractivity contribution in [2.24, 2.45) is 0 Å². The van der Waals surface area contributed by atoms with E-state index in [0.29, 0.717) is 26.7 Å². The Bertz CT molecular complexity index is 2170. The Hall–Kier alpha value is -5.00. The van der Waals surface area contributed by atoms with Crippen molar-refractivity contribution in [3.63, 3.8) is 0 Å². The summed E-state index contributed by atoms with van der Waals surface area (Å²) in [4.78, 5) is 49.0. The maximum Gasteiger partial charge on any atom is 0.414 e. The molecular weight excluding hydrogens is 798 g/mol. The van der Waals surface area contributed by atoms with Crippen LogP contribution >= 0.6 is 34.8 Å². The lowest BCUT2D eigenvalue weighted by Crippen LogP contribution is -3.00. The number of hydrogen-bond donors (Lipinski definition) is 3. The zero-order valence-electron chi connectivity index (χ0n) is 32.1. The molecule has 2 atom stereocenters. The van der Waals surface area contributed by atoms with Crippen LogP contribution in [0.15, 0.2) is 96.4 Å². The van der Waals surface area contributed by atoms with Crippen LogP contribution in [0.2, 0.25) is 10.0 Å². The van der Waals surface area contributed by atoms with E-state index in [9.17, 15) is 24.3 Å². The highest BCUT2D eigenvalue weighted by molar-refractivity contribution is 6.62. The summed E-state index contributed by atoms with van der Waals surface area (Å²) in [5.41, 5.74) is 7.76. The van der Waals surface area contributed by atoms with Crippen LogP contribution in [0.4, 0.5) is 9.59 Å². The highest BCUT2D eigenvalue weighted by Crippen LogP contribution is 2.38. The Balaban J connectivity index is 0.000000262. The summed E-state index contributed by atoms with van der Waals surface area (Å²) in [5.74, 6) is -0.275. The molecule has 0 saturated heterocycles. The lowest BCUT2D eigenvalue weighted by Gasteiger charge is -2.16. The van der Waals surface area contributed by atoms with E-state index in [4.69, 9.17) is 39.5 Å². The molecule has 2 heterocycles. The summed E-state index contributed by atoms with van der Waals surface area (Å²) in [5, 5.41) is 16.0. The number of nitrogens with zero attached hydrogens (tertiary/aromatic N) is 2. The second kappa shape index (κ2) is 19.7. The fourth-order valence-electron chi connectivity index (χ4n) is 5.78. The maximum atomic E-state index is 12.5. The summed E-state index contributed by atoms with van der Waals surface area (Å²) in [7, 11) is 6.36. The van der Waals surface area contributed by atoms with Crippen LogP contribution in [-0.4, -0.2) is 78.5 Å². The number of carbonyl (C=O) groups excluding carboxylic acids is 4. The molecule has 2 aliphatic heterocycles. The van der Waals surface area contributed by atoms with Crippen LogP contribution in [0.3, 0.4) is 0 Å². The van der Waals surface area contributed by atoms with E-state index in [0.717, 1.165) is 33.4 Å². The third kappa shape index (κ3) is 10.6. The second-order valence-electron chi connectivity index (χ2n) is 13.3. The summed E-state index contributed by atoms with van der Waals surface area (Å²) >= 11 is 17.8. The van der Waals surface area contributed by atoms with Gasteiger partial charge in [0.15, 0.2) is 0 Å². The van der Waals surface area contributed by atoms with Crippen LogP contribution in [0.5, 0.6) is 0 Å². The van der Waals surface area contributed by atoms with Gasteiger partial charge in [-0.3, -0.25) is 14.4 Å². The minimum absolute atomic E-state index is 0. The zero-order chi connectivity index (χ0) is 40.7. The van der Waals surface area contributed by atoms with Crippen LogP contribution in [0.1, 0.15) is 36.1 Å². The van der Waals surface area contributed by atoms with Crippen LogP contribution in [-0.2, 0) is 14.3 Å². The fourth-order valence-corrected chi connectivity index (χ4v) is 6.29. The van der Waals surface area contributed by atoms with E-state index < -0.39 is 17.5 Å². The highest BCUT2D eigenvalue weighted by atomic mass is 35.5. The molecule has 0 bridgehead atoms. The molecule has 0 radical (unpaired) electrons. The van der Waals surface area contributed by atoms with Gasteiger partial charge in [-0.1, -0.05) is 83.9 Å². The van der Waals surface area contributed by atoms with Gasteiger partial charge >= 0.3 is 11.5 Å². The van der Waals surface area contributed by atoms with Gasteiger partial charge in [0.05, 0.1) is 23.2 Å². The Labute approximate surface area is 348 Å². The van der Waals surface area contributed by atoms with Gasteiger partial charge < -0.3 is 42.7 Å². The Morgan fingerprint density at radius 1 is 0.661 bits per heavy atom. The number of benzene rings is 4. The van der Waals surface area contributed by atoms with E-state index in [1.54, 1.807) is 42.0 Å². The Morgan fingerprint density at radius 2 is 1.05 bits per heavy atom. The standard InChI is InChI=1S/C21H21ClN2O3.C18H16ClNO2.C3H6ClNO.ClH/c1-12-10-16(17(22)11-15(12)14-8-6-5-7-9-14)18-19(13(2)23-20(18)25)27-21(26)24(3)4;1-10-8-14(16-17(21)11(2)20-18(16)22)15(19)9-13(10)12-6-4-3-5-7-12;1-5(2)3(4)6;/h5-11,13H,1-4H3,(H,23,25);3-9,11,21H,1-2H3,(H,20,22);1-2H3;1H/p-1. The summed E-state index contributed by atoms with van der Waals surface area (Å²) in [6.45, 7) is 7.43. The van der Waals surface area contributed by atoms with E-state index in [-0.39, 0.29) is 47.4 Å². The van der Waals surface area contributed by atoms with Gasteiger partial charge in [-0.05, 0) is 96.9 Å². The molecule has 56 heavy (non-hydrogen) atoms. The first-order chi connectivity index (χ1) is 25.9. The molecule has 0 spiro atoms. The smallest absolute Gasteiger partial charge is 0.414 e. The zero-order valence-corrected chi connectivity index (χ0v) is 35.2. The molecule has 4 aromatic rings. The number of rotatable bonds is 5. The second-order valence-corrected chi connectivity index (χ2v) is 14.5. The highest BCUT2D eigenvalue weighted by Gasteiger charge is 2.35. The molecular formula is C42H43Cl4N4O6-. The topological polar surface area (TPSA) is 128 Å². The fraction of sp³-hybridized carbons (Fsp3) is 0.238. The number of ether oxygens (including phenoxy) is 1. The minimum Gasteiger partial charge on any atom is -1.00 e. The van der Waals surface area contributed by atoms with Gasteiger partial charge in [0.2, 0.25) is 0 Å². The Kier molecular flexibility index (Phi) is 16.0. The third-order valence-corrected chi connectivity index (χ3v) is 9.67. The molecule has 4 amide bonds. The monoisotopic (exact) mass is 839 g/mol. The van der Waals surface area contributed by atoms with E-state index in [2.05, 4.69) is 10.6 Å². The van der Waals surface area contributed by atoms with E-state index in [1.807, 2.05) is 98.8 Å². The van der Waals surface area contributed by atoms with Gasteiger partial charge in [-0.2, -0.15) is 0 Å². The molecule has 2 unspecified atom stereocenters. The normalized spacial score (nSPS) is 15.7. The first-order valence-corrected chi connectivity index (χ1v) is 18.3. The van der Waals surface area contributed by atoms with Crippen molar-refractivity contribution in [3.05, 3.63) is 129 Å². The van der Waals surface area contributed by atoms with Crippen LogP contribution in [0, 0.1) is 13.8 Å². The molecule has 6 rings (SSSR count). The van der Waals surface area contributed by atoms with E-state index in [1.165, 1.54) is 9.80 Å². The Morgan fingerprint density at radius 3 is 1.43 bits per heavy atom. The first kappa shape index (κ1) is 45.4. The predicted octanol–water partition coefficient (Wildman–Crippen LogP) is 6.26. The molecule has 0 aromatic heterocycles. The number of aliphatic hydroxyl groups is 1. The van der Waals surface area contributed by atoms with Crippen molar-refractivity contribution in [2.75, 3.05) is 28.2 Å². The summed E-state index contributed by atoms with van der Waals surface area (Å²) < 4.78 is 5.46. The lowest BCUT2D eigenvalue weighted by molar-refractivity contribution is -0.116. The van der Waals surface area contributed by atoms with Crippen molar-refractivity contribution in [2.45, 2.75) is 39.8 Å². The molecule has 0 fully saturated rings. The maximum absolute atomic E-state index is 12.5. The average molecular weight is 842 g/mol. The first-order valence-electron chi connectivity index (χ1n) is 17.2. The van der Waals surface area contributed by atoms with Gasteiger partial charge in [0.25, 0.3) is 11.8 Å². The average Bonchev–Trinajstić information content (AvgIpc) is 3.57. The van der Waals surface area contributed by atoms with Crippen molar-refractivity contribution < 1.29 is 41.4 Å². The number of aliphatic hydroxyl groups excluding tert-OH is 1.